The summed E-state index contributed by atoms with van der Waals surface area (Å²) in [5, 5.41) is 8.71. The van der Waals surface area contributed by atoms with E-state index < -0.39 is 0 Å². The predicted octanol–water partition coefficient (Wildman–Crippen LogP) is 3.16. The Bertz CT molecular complexity index is 467. The molecule has 0 atom stereocenters. The number of hydrogen-bond acceptors (Lipinski definition) is 3. The fourth-order valence-electron chi connectivity index (χ4n) is 2.62. The topological polar surface area (TPSA) is 42.4 Å². The molecule has 2 rings (SSSR count). The van der Waals surface area contributed by atoms with Gasteiger partial charge in [-0.3, -0.25) is 4.98 Å². The van der Waals surface area contributed by atoms with Crippen molar-refractivity contribution in [2.75, 3.05) is 6.61 Å². The third kappa shape index (κ3) is 4.54. The minimum absolute atomic E-state index is 0.0945. The van der Waals surface area contributed by atoms with Gasteiger partial charge >= 0.3 is 0 Å². The standard InChI is InChI=1S/C17H23NO2/c1-2-14-6-8-16(9-7-14)20-17-11-15(12-18-13-17)5-3-4-10-19/h11-14,16,19H,2,4,6-10H2,1H3. The number of pyridine rings is 1. The SMILES string of the molecule is CCC1CCC(Oc2cncc(C#CCCO)c2)CC1. The lowest BCUT2D eigenvalue weighted by molar-refractivity contribution is 0.129. The molecule has 0 aromatic carbocycles. The van der Waals surface area contributed by atoms with Gasteiger partial charge in [0, 0.05) is 18.2 Å². The molecule has 1 aliphatic rings. The van der Waals surface area contributed by atoms with E-state index in [0.29, 0.717) is 12.5 Å². The molecule has 0 aliphatic heterocycles. The molecule has 0 unspecified atom stereocenters. The van der Waals surface area contributed by atoms with Crippen LogP contribution in [0.3, 0.4) is 0 Å². The van der Waals surface area contributed by atoms with Gasteiger partial charge in [0.25, 0.3) is 0 Å². The molecule has 1 saturated carbocycles. The summed E-state index contributed by atoms with van der Waals surface area (Å²) in [6.45, 7) is 2.36. The lowest BCUT2D eigenvalue weighted by atomic mass is 9.86. The van der Waals surface area contributed by atoms with Crippen LogP contribution in [0, 0.1) is 17.8 Å². The minimum Gasteiger partial charge on any atom is -0.489 e. The lowest BCUT2D eigenvalue weighted by Crippen LogP contribution is -2.23. The second-order valence-electron chi connectivity index (χ2n) is 5.35. The second kappa shape index (κ2) is 7.91. The van der Waals surface area contributed by atoms with Crippen LogP contribution in [0.2, 0.25) is 0 Å². The Labute approximate surface area is 121 Å². The second-order valence-corrected chi connectivity index (χ2v) is 5.35. The highest BCUT2D eigenvalue weighted by molar-refractivity contribution is 5.36. The van der Waals surface area contributed by atoms with Gasteiger partial charge in [-0.2, -0.15) is 0 Å². The number of rotatable bonds is 4. The summed E-state index contributed by atoms with van der Waals surface area (Å²) >= 11 is 0. The third-order valence-corrected chi connectivity index (χ3v) is 3.86. The van der Waals surface area contributed by atoms with E-state index in [9.17, 15) is 0 Å². The van der Waals surface area contributed by atoms with Crippen LogP contribution in [0.15, 0.2) is 18.5 Å². The Morgan fingerprint density at radius 1 is 1.30 bits per heavy atom. The van der Waals surface area contributed by atoms with Crippen LogP contribution >= 0.6 is 0 Å². The van der Waals surface area contributed by atoms with Crippen molar-refractivity contribution in [3.05, 3.63) is 24.0 Å². The summed E-state index contributed by atoms with van der Waals surface area (Å²) in [6.07, 6.45) is 10.4. The maximum atomic E-state index is 8.71. The van der Waals surface area contributed by atoms with Crippen molar-refractivity contribution >= 4 is 0 Å². The number of ether oxygens (including phenoxy) is 1. The van der Waals surface area contributed by atoms with Gasteiger partial charge in [-0.1, -0.05) is 25.2 Å². The van der Waals surface area contributed by atoms with Gasteiger partial charge in [-0.25, -0.2) is 0 Å². The maximum absolute atomic E-state index is 8.71. The molecule has 0 radical (unpaired) electrons. The van der Waals surface area contributed by atoms with Gasteiger partial charge < -0.3 is 9.84 Å². The summed E-state index contributed by atoms with van der Waals surface area (Å²) in [5.41, 5.74) is 0.846. The molecule has 0 bridgehead atoms. The number of aliphatic hydroxyl groups is 1. The van der Waals surface area contributed by atoms with E-state index in [4.69, 9.17) is 9.84 Å². The largest absolute Gasteiger partial charge is 0.489 e. The Morgan fingerprint density at radius 2 is 2.10 bits per heavy atom. The van der Waals surface area contributed by atoms with Crippen molar-refractivity contribution in [1.82, 2.24) is 4.98 Å². The average Bonchev–Trinajstić information content (AvgIpc) is 2.49. The van der Waals surface area contributed by atoms with Crippen LogP contribution in [-0.2, 0) is 0 Å². The molecule has 1 aromatic rings. The van der Waals surface area contributed by atoms with E-state index >= 15 is 0 Å². The number of nitrogens with zero attached hydrogens (tertiary/aromatic N) is 1. The summed E-state index contributed by atoms with van der Waals surface area (Å²) < 4.78 is 6.02. The Balaban J connectivity index is 1.90. The van der Waals surface area contributed by atoms with E-state index in [0.717, 1.165) is 30.1 Å². The quantitative estimate of drug-likeness (QED) is 0.857. The van der Waals surface area contributed by atoms with E-state index in [2.05, 4.69) is 23.7 Å². The molecule has 3 nitrogen and oxygen atoms in total. The molecule has 1 aromatic heterocycles. The first-order chi connectivity index (χ1) is 9.81. The number of aromatic nitrogens is 1. The van der Waals surface area contributed by atoms with Crippen LogP contribution in [0.25, 0.3) is 0 Å². The molecule has 3 heteroatoms. The Morgan fingerprint density at radius 3 is 2.80 bits per heavy atom. The highest BCUT2D eigenvalue weighted by Crippen LogP contribution is 2.29. The zero-order valence-corrected chi connectivity index (χ0v) is 12.1. The minimum atomic E-state index is 0.0945. The molecule has 20 heavy (non-hydrogen) atoms. The zero-order chi connectivity index (χ0) is 14.2. The lowest BCUT2D eigenvalue weighted by Gasteiger charge is -2.28. The number of aliphatic hydroxyl groups excluding tert-OH is 1. The molecule has 1 fully saturated rings. The summed E-state index contributed by atoms with van der Waals surface area (Å²) in [6, 6.07) is 1.93. The Kier molecular flexibility index (Phi) is 5.88. The Hall–Kier alpha value is -1.53. The highest BCUT2D eigenvalue weighted by Gasteiger charge is 2.21. The average molecular weight is 273 g/mol. The normalized spacial score (nSPS) is 21.9. The van der Waals surface area contributed by atoms with Gasteiger partial charge in [0.2, 0.25) is 0 Å². The van der Waals surface area contributed by atoms with Crippen molar-refractivity contribution in [3.63, 3.8) is 0 Å². The monoisotopic (exact) mass is 273 g/mol. The zero-order valence-electron chi connectivity index (χ0n) is 12.1. The first kappa shape index (κ1) is 14.9. The van der Waals surface area contributed by atoms with E-state index in [1.165, 1.54) is 19.3 Å². The summed E-state index contributed by atoms with van der Waals surface area (Å²) in [5.74, 6) is 7.57. The van der Waals surface area contributed by atoms with Crippen LogP contribution in [0.4, 0.5) is 0 Å². The van der Waals surface area contributed by atoms with Gasteiger partial charge in [0.05, 0.1) is 18.9 Å². The van der Waals surface area contributed by atoms with Gasteiger partial charge in [0.15, 0.2) is 0 Å². The summed E-state index contributed by atoms with van der Waals surface area (Å²) in [4.78, 5) is 4.17. The van der Waals surface area contributed by atoms with E-state index in [1.807, 2.05) is 6.07 Å². The van der Waals surface area contributed by atoms with Crippen molar-refractivity contribution in [1.29, 1.82) is 0 Å². The van der Waals surface area contributed by atoms with Gasteiger partial charge in [-0.15, -0.1) is 0 Å². The molecule has 0 saturated heterocycles. The highest BCUT2D eigenvalue weighted by atomic mass is 16.5. The van der Waals surface area contributed by atoms with Gasteiger partial charge in [-0.05, 0) is 37.7 Å². The molecule has 1 heterocycles. The van der Waals surface area contributed by atoms with Crippen LogP contribution < -0.4 is 4.74 Å². The smallest absolute Gasteiger partial charge is 0.139 e. The van der Waals surface area contributed by atoms with Crippen molar-refractivity contribution in [2.24, 2.45) is 5.92 Å². The van der Waals surface area contributed by atoms with Crippen LogP contribution in [0.1, 0.15) is 51.0 Å². The molecular weight excluding hydrogens is 250 g/mol. The fourth-order valence-corrected chi connectivity index (χ4v) is 2.62. The summed E-state index contributed by atoms with van der Waals surface area (Å²) in [7, 11) is 0. The van der Waals surface area contributed by atoms with E-state index in [-0.39, 0.29) is 6.61 Å². The van der Waals surface area contributed by atoms with Crippen LogP contribution in [0.5, 0.6) is 5.75 Å². The maximum Gasteiger partial charge on any atom is 0.139 e. The fraction of sp³-hybridized carbons (Fsp3) is 0.588. The van der Waals surface area contributed by atoms with Crippen molar-refractivity contribution in [2.45, 2.75) is 51.6 Å². The number of hydrogen-bond donors (Lipinski definition) is 1. The van der Waals surface area contributed by atoms with Gasteiger partial charge in [0.1, 0.15) is 5.75 Å². The van der Waals surface area contributed by atoms with E-state index in [1.54, 1.807) is 12.4 Å². The molecule has 0 spiro atoms. The first-order valence-corrected chi connectivity index (χ1v) is 7.53. The van der Waals surface area contributed by atoms with Crippen molar-refractivity contribution in [3.8, 4) is 17.6 Å². The predicted molar refractivity (Wildman–Crippen MR) is 79.5 cm³/mol. The first-order valence-electron chi connectivity index (χ1n) is 7.53. The van der Waals surface area contributed by atoms with Crippen molar-refractivity contribution < 1.29 is 9.84 Å². The molecule has 0 amide bonds. The molecule has 1 aliphatic carbocycles. The molecule has 1 N–H and O–H groups in total. The third-order valence-electron chi connectivity index (χ3n) is 3.86. The van der Waals surface area contributed by atoms with Crippen LogP contribution in [-0.4, -0.2) is 22.8 Å². The molecule has 108 valence electrons. The molecular formula is C17H23NO2.